The number of rotatable bonds is 8. The number of carbonyl (C=O) groups excluding carboxylic acids is 2. The van der Waals surface area contributed by atoms with Crippen molar-refractivity contribution in [1.82, 2.24) is 14.9 Å². The Morgan fingerprint density at radius 3 is 2.77 bits per heavy atom. The van der Waals surface area contributed by atoms with E-state index in [2.05, 4.69) is 10.3 Å². The van der Waals surface area contributed by atoms with Crippen LogP contribution in [0.25, 0.3) is 10.9 Å². The van der Waals surface area contributed by atoms with Gasteiger partial charge in [0, 0.05) is 19.9 Å². The lowest BCUT2D eigenvalue weighted by atomic mass is 10.2. The minimum absolute atomic E-state index is 0.130. The molecule has 0 unspecified atom stereocenters. The minimum Gasteiger partial charge on any atom is -0.467 e. The van der Waals surface area contributed by atoms with Crippen LogP contribution in [-0.4, -0.2) is 46.6 Å². The number of carbonyl (C=O) groups is 2. The van der Waals surface area contributed by atoms with Gasteiger partial charge >= 0.3 is 5.97 Å². The van der Waals surface area contributed by atoms with E-state index in [1.807, 2.05) is 12.3 Å². The van der Waals surface area contributed by atoms with E-state index in [1.165, 1.54) is 11.7 Å². The van der Waals surface area contributed by atoms with Crippen LogP contribution in [-0.2, 0) is 27.8 Å². The first-order chi connectivity index (χ1) is 12.5. The molecule has 1 aromatic carbocycles. The molecule has 0 aliphatic heterocycles. The SMILES string of the molecule is COC(=O)[C@@H](CCSC)NC(=O)CCc1nc2ccccc2c(=O)n1C. The normalized spacial score (nSPS) is 12.0. The molecule has 2 rings (SSSR count). The molecule has 26 heavy (non-hydrogen) atoms. The fourth-order valence-electron chi connectivity index (χ4n) is 2.61. The van der Waals surface area contributed by atoms with Gasteiger partial charge < -0.3 is 10.1 Å². The minimum atomic E-state index is -0.659. The van der Waals surface area contributed by atoms with Crippen LogP contribution in [0.2, 0.25) is 0 Å². The Morgan fingerprint density at radius 2 is 2.08 bits per heavy atom. The summed E-state index contributed by atoms with van der Waals surface area (Å²) < 4.78 is 6.19. The molecule has 0 radical (unpaired) electrons. The number of methoxy groups -OCH3 is 1. The van der Waals surface area contributed by atoms with Crippen molar-refractivity contribution in [3.05, 3.63) is 40.4 Å². The smallest absolute Gasteiger partial charge is 0.328 e. The molecule has 1 aromatic heterocycles. The largest absolute Gasteiger partial charge is 0.467 e. The number of benzene rings is 1. The molecular weight excluding hydrogens is 354 g/mol. The van der Waals surface area contributed by atoms with Crippen LogP contribution in [0.15, 0.2) is 29.1 Å². The van der Waals surface area contributed by atoms with Crippen LogP contribution in [0.5, 0.6) is 0 Å². The quantitative estimate of drug-likeness (QED) is 0.697. The van der Waals surface area contributed by atoms with Crippen LogP contribution < -0.4 is 10.9 Å². The van der Waals surface area contributed by atoms with Gasteiger partial charge in [-0.3, -0.25) is 14.2 Å². The molecule has 0 saturated carbocycles. The number of hydrogen-bond acceptors (Lipinski definition) is 6. The summed E-state index contributed by atoms with van der Waals surface area (Å²) >= 11 is 1.59. The lowest BCUT2D eigenvalue weighted by Crippen LogP contribution is -2.42. The summed E-state index contributed by atoms with van der Waals surface area (Å²) in [6.07, 6.45) is 2.87. The maximum Gasteiger partial charge on any atom is 0.328 e. The van der Waals surface area contributed by atoms with Gasteiger partial charge in [-0.15, -0.1) is 0 Å². The van der Waals surface area contributed by atoms with Crippen LogP contribution >= 0.6 is 11.8 Å². The molecular formula is C18H23N3O4S. The number of nitrogens with one attached hydrogen (secondary N) is 1. The number of hydrogen-bond donors (Lipinski definition) is 1. The summed E-state index contributed by atoms with van der Waals surface area (Å²) in [5.41, 5.74) is 0.469. The standard InChI is InChI=1S/C18H23N3O4S/c1-21-15(19-13-7-5-4-6-12(13)17(21)23)8-9-16(22)20-14(10-11-26-3)18(24)25-2/h4-7,14H,8-11H2,1-3H3,(H,20,22)/t14-/m1/s1. The number of para-hydroxylation sites is 1. The first kappa shape index (κ1) is 20.0. The average Bonchev–Trinajstić information content (AvgIpc) is 2.66. The highest BCUT2D eigenvalue weighted by atomic mass is 32.2. The van der Waals surface area contributed by atoms with Crippen LogP contribution in [0.1, 0.15) is 18.7 Å². The Labute approximate surface area is 156 Å². The van der Waals surface area contributed by atoms with E-state index in [0.29, 0.717) is 29.6 Å². The second-order valence-electron chi connectivity index (χ2n) is 5.83. The van der Waals surface area contributed by atoms with Crippen molar-refractivity contribution >= 4 is 34.5 Å². The van der Waals surface area contributed by atoms with Gasteiger partial charge in [0.15, 0.2) is 0 Å². The second kappa shape index (κ2) is 9.38. The number of aromatic nitrogens is 2. The first-order valence-corrected chi connectivity index (χ1v) is 9.68. The predicted molar refractivity (Wildman–Crippen MR) is 102 cm³/mol. The molecule has 1 heterocycles. The van der Waals surface area contributed by atoms with E-state index < -0.39 is 12.0 Å². The molecule has 1 amide bonds. The number of esters is 1. The lowest BCUT2D eigenvalue weighted by Gasteiger charge is -2.16. The van der Waals surface area contributed by atoms with Crippen molar-refractivity contribution in [2.75, 3.05) is 19.1 Å². The molecule has 0 aliphatic carbocycles. The van der Waals surface area contributed by atoms with E-state index in [0.717, 1.165) is 5.75 Å². The first-order valence-electron chi connectivity index (χ1n) is 8.28. The number of thioether (sulfide) groups is 1. The fraction of sp³-hybridized carbons (Fsp3) is 0.444. The highest BCUT2D eigenvalue weighted by Gasteiger charge is 2.21. The Balaban J connectivity index is 2.06. The van der Waals surface area contributed by atoms with Gasteiger partial charge in [0.25, 0.3) is 5.56 Å². The number of nitrogens with zero attached hydrogens (tertiary/aromatic N) is 2. The van der Waals surface area contributed by atoms with E-state index in [1.54, 1.807) is 37.0 Å². The molecule has 7 nitrogen and oxygen atoms in total. The van der Waals surface area contributed by atoms with Crippen molar-refractivity contribution in [3.8, 4) is 0 Å². The summed E-state index contributed by atoms with van der Waals surface area (Å²) in [6, 6.07) is 6.45. The van der Waals surface area contributed by atoms with Crippen LogP contribution in [0.4, 0.5) is 0 Å². The Kier molecular flexibility index (Phi) is 7.20. The van der Waals surface area contributed by atoms with Crippen LogP contribution in [0.3, 0.4) is 0 Å². The fourth-order valence-corrected chi connectivity index (χ4v) is 3.08. The lowest BCUT2D eigenvalue weighted by molar-refractivity contribution is -0.145. The Hall–Kier alpha value is -2.35. The number of aryl methyl sites for hydroxylation is 1. The van der Waals surface area contributed by atoms with Gasteiger partial charge in [-0.2, -0.15) is 11.8 Å². The van der Waals surface area contributed by atoms with Gasteiger partial charge in [0.05, 0.1) is 18.0 Å². The molecule has 0 spiro atoms. The molecule has 8 heteroatoms. The number of fused-ring (bicyclic) bond motifs is 1. The van der Waals surface area contributed by atoms with Crippen molar-refractivity contribution in [1.29, 1.82) is 0 Å². The van der Waals surface area contributed by atoms with E-state index >= 15 is 0 Å². The van der Waals surface area contributed by atoms with E-state index in [9.17, 15) is 14.4 Å². The Bertz CT molecular complexity index is 850. The van der Waals surface area contributed by atoms with Crippen molar-refractivity contribution < 1.29 is 14.3 Å². The number of amides is 1. The van der Waals surface area contributed by atoms with Crippen molar-refractivity contribution in [3.63, 3.8) is 0 Å². The predicted octanol–water partition coefficient (Wildman–Crippen LogP) is 1.28. The highest BCUT2D eigenvalue weighted by Crippen LogP contribution is 2.09. The zero-order chi connectivity index (χ0) is 19.1. The maximum absolute atomic E-state index is 12.4. The topological polar surface area (TPSA) is 90.3 Å². The molecule has 140 valence electrons. The van der Waals surface area contributed by atoms with Crippen LogP contribution in [0, 0.1) is 0 Å². The second-order valence-corrected chi connectivity index (χ2v) is 6.82. The third-order valence-corrected chi connectivity index (χ3v) is 4.73. The number of ether oxygens (including phenoxy) is 1. The van der Waals surface area contributed by atoms with E-state index in [4.69, 9.17) is 4.74 Å². The highest BCUT2D eigenvalue weighted by molar-refractivity contribution is 7.98. The van der Waals surface area contributed by atoms with Gasteiger partial charge in [-0.25, -0.2) is 9.78 Å². The molecule has 0 fully saturated rings. The van der Waals surface area contributed by atoms with Gasteiger partial charge in [-0.05, 0) is 30.6 Å². The summed E-state index contributed by atoms with van der Waals surface area (Å²) in [4.78, 5) is 40.9. The van der Waals surface area contributed by atoms with E-state index in [-0.39, 0.29) is 17.9 Å². The summed E-state index contributed by atoms with van der Waals surface area (Å²) in [5.74, 6) is 0.538. The van der Waals surface area contributed by atoms with Crippen molar-refractivity contribution in [2.24, 2.45) is 7.05 Å². The summed E-state index contributed by atoms with van der Waals surface area (Å²) in [6.45, 7) is 0. The molecule has 0 aliphatic rings. The molecule has 1 atom stereocenters. The summed E-state index contributed by atoms with van der Waals surface area (Å²) in [5, 5.41) is 3.25. The van der Waals surface area contributed by atoms with Gasteiger partial charge in [0.1, 0.15) is 11.9 Å². The molecule has 1 N–H and O–H groups in total. The third-order valence-electron chi connectivity index (χ3n) is 4.08. The zero-order valence-corrected chi connectivity index (χ0v) is 16.0. The van der Waals surface area contributed by atoms with Crippen molar-refractivity contribution in [2.45, 2.75) is 25.3 Å². The monoisotopic (exact) mass is 377 g/mol. The zero-order valence-electron chi connectivity index (χ0n) is 15.2. The molecule has 2 aromatic rings. The summed E-state index contributed by atoms with van der Waals surface area (Å²) in [7, 11) is 2.94. The Morgan fingerprint density at radius 1 is 1.35 bits per heavy atom. The maximum atomic E-state index is 12.4. The average molecular weight is 377 g/mol. The van der Waals surface area contributed by atoms with Gasteiger partial charge in [-0.1, -0.05) is 12.1 Å². The molecule has 0 saturated heterocycles. The van der Waals surface area contributed by atoms with Gasteiger partial charge in [0.2, 0.25) is 5.91 Å². The molecule has 0 bridgehead atoms. The third kappa shape index (κ3) is 4.85.